The fourth-order valence-corrected chi connectivity index (χ4v) is 3.99. The Bertz CT molecular complexity index is 561. The summed E-state index contributed by atoms with van der Waals surface area (Å²) >= 11 is 0. The summed E-state index contributed by atoms with van der Waals surface area (Å²) in [5.41, 5.74) is 1.79. The molecule has 1 N–H and O–H groups in total. The van der Waals surface area contributed by atoms with Gasteiger partial charge >= 0.3 is 0 Å². The second-order valence-corrected chi connectivity index (χ2v) is 7.34. The first kappa shape index (κ1) is 15.5. The van der Waals surface area contributed by atoms with Crippen LogP contribution in [0.1, 0.15) is 68.6 Å². The van der Waals surface area contributed by atoms with Gasteiger partial charge in [0.15, 0.2) is 0 Å². The van der Waals surface area contributed by atoms with Crippen molar-refractivity contribution in [2.75, 3.05) is 13.1 Å². The quantitative estimate of drug-likeness (QED) is 0.912. The van der Waals surface area contributed by atoms with Crippen molar-refractivity contribution in [3.8, 4) is 0 Å². The van der Waals surface area contributed by atoms with Gasteiger partial charge in [0.05, 0.1) is 5.69 Å². The smallest absolute Gasteiger partial charge is 0.272 e. The SMILES string of the molecule is CC(C)c1cc(C(=O)N2CCC[C@]3(C)NCCC[C@@H]23)n(C)n1. The lowest BCUT2D eigenvalue weighted by molar-refractivity contribution is 0.0245. The van der Waals surface area contributed by atoms with Crippen molar-refractivity contribution in [2.45, 2.75) is 64.0 Å². The Balaban J connectivity index is 1.87. The number of piperidine rings is 2. The second-order valence-electron chi connectivity index (χ2n) is 7.34. The van der Waals surface area contributed by atoms with Crippen molar-refractivity contribution in [2.24, 2.45) is 7.05 Å². The van der Waals surface area contributed by atoms with E-state index >= 15 is 0 Å². The molecular formula is C17H28N4O. The topological polar surface area (TPSA) is 50.2 Å². The molecule has 0 radical (unpaired) electrons. The lowest BCUT2D eigenvalue weighted by Gasteiger charge is -2.51. The monoisotopic (exact) mass is 304 g/mol. The van der Waals surface area contributed by atoms with E-state index in [0.29, 0.717) is 12.0 Å². The first-order valence-electron chi connectivity index (χ1n) is 8.52. The predicted octanol–water partition coefficient (Wildman–Crippen LogP) is 2.29. The molecular weight excluding hydrogens is 276 g/mol. The molecule has 2 fully saturated rings. The van der Waals surface area contributed by atoms with Crippen molar-refractivity contribution in [1.82, 2.24) is 20.0 Å². The Morgan fingerprint density at radius 3 is 2.91 bits per heavy atom. The van der Waals surface area contributed by atoms with Crippen LogP contribution in [0.25, 0.3) is 0 Å². The maximum Gasteiger partial charge on any atom is 0.272 e. The van der Waals surface area contributed by atoms with Crippen LogP contribution >= 0.6 is 0 Å². The van der Waals surface area contributed by atoms with Crippen molar-refractivity contribution in [1.29, 1.82) is 0 Å². The molecule has 2 atom stereocenters. The lowest BCUT2D eigenvalue weighted by Crippen LogP contribution is -2.65. The van der Waals surface area contributed by atoms with Gasteiger partial charge in [0.2, 0.25) is 0 Å². The summed E-state index contributed by atoms with van der Waals surface area (Å²) in [4.78, 5) is 15.2. The fraction of sp³-hybridized carbons (Fsp3) is 0.765. The van der Waals surface area contributed by atoms with Gasteiger partial charge < -0.3 is 10.2 Å². The summed E-state index contributed by atoms with van der Waals surface area (Å²) < 4.78 is 1.75. The van der Waals surface area contributed by atoms with Crippen LogP contribution in [-0.2, 0) is 7.05 Å². The van der Waals surface area contributed by atoms with E-state index in [2.05, 4.69) is 36.1 Å². The zero-order valence-corrected chi connectivity index (χ0v) is 14.2. The molecule has 0 saturated carbocycles. The van der Waals surface area contributed by atoms with E-state index in [9.17, 15) is 4.79 Å². The van der Waals surface area contributed by atoms with Crippen LogP contribution in [0.5, 0.6) is 0 Å². The summed E-state index contributed by atoms with van der Waals surface area (Å²) in [6.45, 7) is 8.43. The highest BCUT2D eigenvalue weighted by Gasteiger charge is 2.44. The van der Waals surface area contributed by atoms with Gasteiger partial charge in [0.25, 0.3) is 5.91 Å². The minimum atomic E-state index is 0.0750. The van der Waals surface area contributed by atoms with E-state index in [-0.39, 0.29) is 11.4 Å². The van der Waals surface area contributed by atoms with Crippen molar-refractivity contribution < 1.29 is 4.79 Å². The molecule has 0 bridgehead atoms. The molecule has 2 aliphatic rings. The van der Waals surface area contributed by atoms with E-state index < -0.39 is 0 Å². The fourth-order valence-electron chi connectivity index (χ4n) is 3.99. The largest absolute Gasteiger partial charge is 0.332 e. The molecule has 3 rings (SSSR count). The molecule has 5 nitrogen and oxygen atoms in total. The summed E-state index contributed by atoms with van der Waals surface area (Å²) in [6, 6.07) is 2.27. The number of amides is 1. The molecule has 0 unspecified atom stereocenters. The number of nitrogens with zero attached hydrogens (tertiary/aromatic N) is 3. The zero-order valence-electron chi connectivity index (χ0n) is 14.2. The van der Waals surface area contributed by atoms with E-state index in [1.807, 2.05) is 13.1 Å². The van der Waals surface area contributed by atoms with Crippen LogP contribution in [-0.4, -0.2) is 45.3 Å². The van der Waals surface area contributed by atoms with Crippen LogP contribution in [0.4, 0.5) is 0 Å². The number of carbonyl (C=O) groups excluding carboxylic acids is 1. The van der Waals surface area contributed by atoms with Crippen LogP contribution in [0, 0.1) is 0 Å². The second kappa shape index (κ2) is 5.69. The molecule has 5 heteroatoms. The zero-order chi connectivity index (χ0) is 15.9. The third-order valence-corrected chi connectivity index (χ3v) is 5.36. The minimum absolute atomic E-state index is 0.0750. The van der Waals surface area contributed by atoms with E-state index in [1.165, 1.54) is 0 Å². The van der Waals surface area contributed by atoms with Crippen molar-refractivity contribution in [3.63, 3.8) is 0 Å². The minimum Gasteiger partial charge on any atom is -0.332 e. The Morgan fingerprint density at radius 2 is 2.23 bits per heavy atom. The number of hydrogen-bond acceptors (Lipinski definition) is 3. The van der Waals surface area contributed by atoms with Gasteiger partial charge in [-0.2, -0.15) is 5.10 Å². The number of nitrogens with one attached hydrogen (secondary N) is 1. The van der Waals surface area contributed by atoms with Gasteiger partial charge in [-0.15, -0.1) is 0 Å². The predicted molar refractivity (Wildman–Crippen MR) is 87.0 cm³/mol. The Labute approximate surface area is 133 Å². The lowest BCUT2D eigenvalue weighted by atomic mass is 9.77. The number of carbonyl (C=O) groups is 1. The van der Waals surface area contributed by atoms with Gasteiger partial charge in [-0.3, -0.25) is 9.48 Å². The molecule has 2 saturated heterocycles. The first-order chi connectivity index (χ1) is 10.4. The van der Waals surface area contributed by atoms with Gasteiger partial charge in [-0.05, 0) is 51.1 Å². The van der Waals surface area contributed by atoms with Crippen molar-refractivity contribution >= 4 is 5.91 Å². The number of aromatic nitrogens is 2. The standard InChI is InChI=1S/C17H28N4O/c1-12(2)13-11-14(20(4)19-13)16(22)21-10-6-8-17(3)15(21)7-5-9-18-17/h11-12,15,18H,5-10H2,1-4H3/t15-,17+/m1/s1. The molecule has 22 heavy (non-hydrogen) atoms. The van der Waals surface area contributed by atoms with Crippen LogP contribution in [0.3, 0.4) is 0 Å². The summed E-state index contributed by atoms with van der Waals surface area (Å²) in [5.74, 6) is 0.484. The molecule has 1 aromatic rings. The first-order valence-corrected chi connectivity index (χ1v) is 8.52. The number of fused-ring (bicyclic) bond motifs is 1. The summed E-state index contributed by atoms with van der Waals surface area (Å²) in [7, 11) is 1.88. The third-order valence-electron chi connectivity index (χ3n) is 5.36. The van der Waals surface area contributed by atoms with E-state index in [0.717, 1.165) is 50.2 Å². The normalized spacial score (nSPS) is 28.8. The number of likely N-dealkylation sites (tertiary alicyclic amines) is 1. The van der Waals surface area contributed by atoms with Crippen LogP contribution in [0.2, 0.25) is 0 Å². The van der Waals surface area contributed by atoms with Crippen molar-refractivity contribution in [3.05, 3.63) is 17.5 Å². The van der Waals surface area contributed by atoms with Gasteiger partial charge in [-0.1, -0.05) is 13.8 Å². The van der Waals surface area contributed by atoms with E-state index in [4.69, 9.17) is 0 Å². The Hall–Kier alpha value is -1.36. The summed E-state index contributed by atoms with van der Waals surface area (Å²) in [5, 5.41) is 8.16. The maximum atomic E-state index is 13.1. The van der Waals surface area contributed by atoms with Crippen LogP contribution < -0.4 is 5.32 Å². The van der Waals surface area contributed by atoms with Gasteiger partial charge in [-0.25, -0.2) is 0 Å². The van der Waals surface area contributed by atoms with Crippen LogP contribution in [0.15, 0.2) is 6.07 Å². The third kappa shape index (κ3) is 2.56. The van der Waals surface area contributed by atoms with E-state index in [1.54, 1.807) is 4.68 Å². The number of rotatable bonds is 2. The summed E-state index contributed by atoms with van der Waals surface area (Å²) in [6.07, 6.45) is 4.47. The average molecular weight is 304 g/mol. The molecule has 1 aromatic heterocycles. The molecule has 2 aliphatic heterocycles. The Kier molecular flexibility index (Phi) is 4.02. The number of aryl methyl sites for hydroxylation is 1. The van der Waals surface area contributed by atoms with Gasteiger partial charge in [0, 0.05) is 25.2 Å². The number of hydrogen-bond donors (Lipinski definition) is 1. The maximum absolute atomic E-state index is 13.1. The molecule has 3 heterocycles. The highest BCUT2D eigenvalue weighted by Crippen LogP contribution is 2.34. The molecule has 122 valence electrons. The highest BCUT2D eigenvalue weighted by molar-refractivity contribution is 5.93. The molecule has 0 aromatic carbocycles. The van der Waals surface area contributed by atoms with Gasteiger partial charge in [0.1, 0.15) is 5.69 Å². The molecule has 1 amide bonds. The highest BCUT2D eigenvalue weighted by atomic mass is 16.2. The molecule has 0 spiro atoms. The Morgan fingerprint density at radius 1 is 1.45 bits per heavy atom. The average Bonchev–Trinajstić information content (AvgIpc) is 2.87. The molecule has 0 aliphatic carbocycles.